The highest BCUT2D eigenvalue weighted by atomic mass is 16.3. The van der Waals surface area contributed by atoms with Crippen molar-refractivity contribution in [2.45, 2.75) is 13.3 Å². The number of hydrogen-bond donors (Lipinski definition) is 0. The highest BCUT2D eigenvalue weighted by Crippen LogP contribution is 2.22. The fourth-order valence-electron chi connectivity index (χ4n) is 2.00. The summed E-state index contributed by atoms with van der Waals surface area (Å²) in [6, 6.07) is 3.80. The van der Waals surface area contributed by atoms with Crippen molar-refractivity contribution in [2.24, 2.45) is 0 Å². The summed E-state index contributed by atoms with van der Waals surface area (Å²) >= 11 is 0. The number of hydrogen-bond acceptors (Lipinski definition) is 5. The van der Waals surface area contributed by atoms with Crippen LogP contribution in [0, 0.1) is 6.92 Å². The zero-order chi connectivity index (χ0) is 12.5. The van der Waals surface area contributed by atoms with E-state index in [1.807, 2.05) is 24.0 Å². The maximum absolute atomic E-state index is 11.2. The van der Waals surface area contributed by atoms with Gasteiger partial charge in [0.2, 0.25) is 5.95 Å². The maximum Gasteiger partial charge on any atom is 0.225 e. The van der Waals surface area contributed by atoms with Crippen LogP contribution in [0.25, 0.3) is 11.3 Å². The average molecular weight is 243 g/mol. The predicted molar refractivity (Wildman–Crippen MR) is 66.3 cm³/mol. The molecule has 0 aliphatic carbocycles. The van der Waals surface area contributed by atoms with E-state index in [2.05, 4.69) is 9.97 Å². The first-order chi connectivity index (χ1) is 8.72. The quantitative estimate of drug-likeness (QED) is 0.805. The van der Waals surface area contributed by atoms with E-state index in [1.165, 1.54) is 0 Å². The summed E-state index contributed by atoms with van der Waals surface area (Å²) < 4.78 is 5.50. The highest BCUT2D eigenvalue weighted by Gasteiger charge is 2.21. The molecule has 0 radical (unpaired) electrons. The van der Waals surface area contributed by atoms with Gasteiger partial charge in [-0.25, -0.2) is 9.97 Å². The van der Waals surface area contributed by atoms with Gasteiger partial charge in [0.15, 0.2) is 5.78 Å². The van der Waals surface area contributed by atoms with Crippen LogP contribution < -0.4 is 4.90 Å². The second-order valence-corrected chi connectivity index (χ2v) is 4.39. The molecule has 1 fully saturated rings. The van der Waals surface area contributed by atoms with Crippen LogP contribution in [0.15, 0.2) is 28.9 Å². The SMILES string of the molecule is Cc1ccc(-c2cnc(N3CCC(=O)C3)nc2)o1. The molecule has 3 heterocycles. The fraction of sp³-hybridized carbons (Fsp3) is 0.308. The van der Waals surface area contributed by atoms with E-state index in [9.17, 15) is 4.79 Å². The molecule has 0 unspecified atom stereocenters. The zero-order valence-electron chi connectivity index (χ0n) is 10.1. The lowest BCUT2D eigenvalue weighted by atomic mass is 10.3. The van der Waals surface area contributed by atoms with Crippen molar-refractivity contribution in [3.05, 3.63) is 30.3 Å². The molecule has 0 bridgehead atoms. The molecule has 1 aliphatic heterocycles. The average Bonchev–Trinajstić information content (AvgIpc) is 2.98. The van der Waals surface area contributed by atoms with Gasteiger partial charge in [-0.3, -0.25) is 4.79 Å². The number of Topliss-reactive ketones (excluding diaryl/α,β-unsaturated/α-hetero) is 1. The summed E-state index contributed by atoms with van der Waals surface area (Å²) in [7, 11) is 0. The molecular formula is C13H13N3O2. The largest absolute Gasteiger partial charge is 0.461 e. The molecule has 2 aromatic heterocycles. The minimum Gasteiger partial charge on any atom is -0.461 e. The number of anilines is 1. The van der Waals surface area contributed by atoms with Gasteiger partial charge >= 0.3 is 0 Å². The number of ketones is 1. The number of aryl methyl sites for hydroxylation is 1. The lowest BCUT2D eigenvalue weighted by Gasteiger charge is -2.13. The first-order valence-electron chi connectivity index (χ1n) is 5.88. The van der Waals surface area contributed by atoms with Crippen LogP contribution >= 0.6 is 0 Å². The number of aromatic nitrogens is 2. The predicted octanol–water partition coefficient (Wildman–Crippen LogP) is 1.82. The third kappa shape index (κ3) is 1.99. The Kier molecular flexibility index (Phi) is 2.59. The molecule has 0 atom stereocenters. The molecule has 0 N–H and O–H groups in total. The topological polar surface area (TPSA) is 59.2 Å². The molecular weight excluding hydrogens is 230 g/mol. The number of carbonyl (C=O) groups excluding carboxylic acids is 1. The molecule has 1 saturated heterocycles. The molecule has 3 rings (SSSR count). The second-order valence-electron chi connectivity index (χ2n) is 4.39. The summed E-state index contributed by atoms with van der Waals surface area (Å²) in [6.07, 6.45) is 4.04. The molecule has 2 aromatic rings. The van der Waals surface area contributed by atoms with E-state index < -0.39 is 0 Å². The van der Waals surface area contributed by atoms with Crippen LogP contribution in [0.2, 0.25) is 0 Å². The standard InChI is InChI=1S/C13H13N3O2/c1-9-2-3-12(18-9)10-6-14-13(15-7-10)16-5-4-11(17)8-16/h2-3,6-7H,4-5,8H2,1H3. The van der Waals surface area contributed by atoms with Crippen molar-refractivity contribution in [2.75, 3.05) is 18.0 Å². The van der Waals surface area contributed by atoms with Crippen molar-refractivity contribution in [3.63, 3.8) is 0 Å². The lowest BCUT2D eigenvalue weighted by molar-refractivity contribution is -0.116. The molecule has 0 amide bonds. The smallest absolute Gasteiger partial charge is 0.225 e. The Labute approximate surface area is 104 Å². The van der Waals surface area contributed by atoms with E-state index in [4.69, 9.17) is 4.42 Å². The Morgan fingerprint density at radius 2 is 2.06 bits per heavy atom. The van der Waals surface area contributed by atoms with Gasteiger partial charge in [0.05, 0.1) is 12.1 Å². The van der Waals surface area contributed by atoms with E-state index in [0.717, 1.165) is 17.1 Å². The van der Waals surface area contributed by atoms with Crippen molar-refractivity contribution in [3.8, 4) is 11.3 Å². The second kappa shape index (κ2) is 4.25. The molecule has 1 aliphatic rings. The third-order valence-electron chi connectivity index (χ3n) is 2.97. The summed E-state index contributed by atoms with van der Waals surface area (Å²) in [6.45, 7) is 3.02. The van der Waals surface area contributed by atoms with Gasteiger partial charge in [0, 0.05) is 25.4 Å². The van der Waals surface area contributed by atoms with Gasteiger partial charge in [0.25, 0.3) is 0 Å². The Hall–Kier alpha value is -2.17. The Morgan fingerprint density at radius 1 is 1.28 bits per heavy atom. The molecule has 0 saturated carbocycles. The third-order valence-corrected chi connectivity index (χ3v) is 2.97. The Balaban J connectivity index is 1.83. The molecule has 18 heavy (non-hydrogen) atoms. The molecule has 0 spiro atoms. The Bertz CT molecular complexity index is 574. The maximum atomic E-state index is 11.2. The summed E-state index contributed by atoms with van der Waals surface area (Å²) in [4.78, 5) is 21.7. The molecule has 5 heteroatoms. The van der Waals surface area contributed by atoms with Crippen molar-refractivity contribution in [1.29, 1.82) is 0 Å². The minimum atomic E-state index is 0.240. The molecule has 0 aromatic carbocycles. The number of carbonyl (C=O) groups is 1. The van der Waals surface area contributed by atoms with Gasteiger partial charge in [0.1, 0.15) is 11.5 Å². The number of nitrogens with zero attached hydrogens (tertiary/aromatic N) is 3. The highest BCUT2D eigenvalue weighted by molar-refractivity contribution is 5.86. The van der Waals surface area contributed by atoms with Gasteiger partial charge in [-0.1, -0.05) is 0 Å². The first-order valence-corrected chi connectivity index (χ1v) is 5.88. The van der Waals surface area contributed by atoms with Gasteiger partial charge in [-0.05, 0) is 19.1 Å². The van der Waals surface area contributed by atoms with Crippen LogP contribution in [0.1, 0.15) is 12.2 Å². The first kappa shape index (κ1) is 11.0. The van der Waals surface area contributed by atoms with Crippen LogP contribution in [-0.2, 0) is 4.79 Å². The van der Waals surface area contributed by atoms with Crippen LogP contribution in [0.3, 0.4) is 0 Å². The summed E-state index contributed by atoms with van der Waals surface area (Å²) in [5, 5.41) is 0. The van der Waals surface area contributed by atoms with E-state index in [1.54, 1.807) is 12.4 Å². The normalized spacial score (nSPS) is 15.4. The van der Waals surface area contributed by atoms with Crippen LogP contribution in [0.5, 0.6) is 0 Å². The van der Waals surface area contributed by atoms with Crippen molar-refractivity contribution < 1.29 is 9.21 Å². The summed E-state index contributed by atoms with van der Waals surface area (Å²) in [5.74, 6) is 2.47. The lowest BCUT2D eigenvalue weighted by Crippen LogP contribution is -2.21. The van der Waals surface area contributed by atoms with Gasteiger partial charge < -0.3 is 9.32 Å². The van der Waals surface area contributed by atoms with Crippen LogP contribution in [-0.4, -0.2) is 28.8 Å². The number of rotatable bonds is 2. The van der Waals surface area contributed by atoms with E-state index >= 15 is 0 Å². The van der Waals surface area contributed by atoms with Crippen molar-refractivity contribution >= 4 is 11.7 Å². The summed E-state index contributed by atoms with van der Waals surface area (Å²) in [5.41, 5.74) is 0.845. The van der Waals surface area contributed by atoms with E-state index in [0.29, 0.717) is 25.5 Å². The van der Waals surface area contributed by atoms with Gasteiger partial charge in [-0.15, -0.1) is 0 Å². The molecule has 5 nitrogen and oxygen atoms in total. The Morgan fingerprint density at radius 3 is 2.61 bits per heavy atom. The monoisotopic (exact) mass is 243 g/mol. The van der Waals surface area contributed by atoms with E-state index in [-0.39, 0.29) is 5.78 Å². The van der Waals surface area contributed by atoms with Crippen molar-refractivity contribution in [1.82, 2.24) is 9.97 Å². The zero-order valence-corrected chi connectivity index (χ0v) is 10.1. The minimum absolute atomic E-state index is 0.240. The molecule has 92 valence electrons. The van der Waals surface area contributed by atoms with Gasteiger partial charge in [-0.2, -0.15) is 0 Å². The fourth-order valence-corrected chi connectivity index (χ4v) is 2.00. The number of furan rings is 1. The van der Waals surface area contributed by atoms with Crippen LogP contribution in [0.4, 0.5) is 5.95 Å².